The molecule has 4 aromatic rings. The summed E-state index contributed by atoms with van der Waals surface area (Å²) < 4.78 is 38.5. The van der Waals surface area contributed by atoms with E-state index >= 15 is 0 Å². The van der Waals surface area contributed by atoms with E-state index in [9.17, 15) is 23.3 Å². The molecule has 7 rings (SSSR count). The monoisotopic (exact) mass is 711 g/mol. The average Bonchev–Trinajstić information content (AvgIpc) is 3.73. The Morgan fingerprint density at radius 1 is 0.960 bits per heavy atom. The summed E-state index contributed by atoms with van der Waals surface area (Å²) in [5.74, 6) is -1.07. The molecule has 2 aliphatic heterocycles. The van der Waals surface area contributed by atoms with Gasteiger partial charge in [-0.05, 0) is 71.3 Å². The molecule has 2 amide bonds. The maximum Gasteiger partial charge on any atom is 0.409 e. The predicted molar refractivity (Wildman–Crippen MR) is 189 cm³/mol. The molecule has 2 fully saturated rings. The SMILES string of the molecule is N#Cc1ccc(-c2ccc(C3(CC(=O)NOC4CCCCO4)CCN(C(=O)OCC4c5ccccc5-c5ccccc54)CCS3(=O)=O)s2)cc1. The van der Waals surface area contributed by atoms with E-state index in [1.165, 1.54) is 16.2 Å². The third kappa shape index (κ3) is 6.66. The van der Waals surface area contributed by atoms with Gasteiger partial charge < -0.3 is 14.4 Å². The summed E-state index contributed by atoms with van der Waals surface area (Å²) in [7, 11) is -4.00. The summed E-state index contributed by atoms with van der Waals surface area (Å²) in [4.78, 5) is 35.3. The number of nitrogens with zero attached hydrogens (tertiary/aromatic N) is 2. The number of nitrogens with one attached hydrogen (secondary N) is 1. The van der Waals surface area contributed by atoms with Crippen LogP contribution in [0.1, 0.15) is 59.6 Å². The van der Waals surface area contributed by atoms with Crippen LogP contribution in [0.25, 0.3) is 21.6 Å². The van der Waals surface area contributed by atoms with Crippen molar-refractivity contribution in [1.29, 1.82) is 5.26 Å². The van der Waals surface area contributed by atoms with Gasteiger partial charge in [0.05, 0.1) is 23.8 Å². The van der Waals surface area contributed by atoms with Crippen LogP contribution in [0.3, 0.4) is 0 Å². The molecule has 12 heteroatoms. The second kappa shape index (κ2) is 14.4. The maximum absolute atomic E-state index is 14.4. The van der Waals surface area contributed by atoms with Gasteiger partial charge in [-0.2, -0.15) is 5.26 Å². The average molecular weight is 712 g/mol. The summed E-state index contributed by atoms with van der Waals surface area (Å²) in [6.45, 7) is 0.642. The minimum absolute atomic E-state index is 0.0137. The Hall–Kier alpha value is -4.54. The summed E-state index contributed by atoms with van der Waals surface area (Å²) in [5, 5.41) is 9.22. The highest BCUT2D eigenvalue weighted by atomic mass is 32.2. The van der Waals surface area contributed by atoms with Crippen molar-refractivity contribution >= 4 is 33.2 Å². The van der Waals surface area contributed by atoms with Crippen molar-refractivity contribution in [2.45, 2.75) is 49.1 Å². The zero-order chi connectivity index (χ0) is 34.7. The molecule has 50 heavy (non-hydrogen) atoms. The van der Waals surface area contributed by atoms with Crippen molar-refractivity contribution < 1.29 is 32.3 Å². The number of fused-ring (bicyclic) bond motifs is 3. The van der Waals surface area contributed by atoms with Gasteiger partial charge in [0.1, 0.15) is 11.4 Å². The number of thiophene rings is 1. The van der Waals surface area contributed by atoms with Crippen LogP contribution in [0.4, 0.5) is 4.79 Å². The van der Waals surface area contributed by atoms with Crippen LogP contribution in [-0.4, -0.2) is 63.7 Å². The molecule has 0 saturated carbocycles. The standard InChI is InChI=1S/C38H37N3O7S2/c39-24-26-12-14-27(15-13-26)33-16-17-34(49-33)38(23-35(42)40-48-36-11-5-6-21-46-36)18-19-41(20-22-50(38,44)45)37(43)47-25-32-30-9-3-1-7-28(30)29-8-2-4-10-31(29)32/h1-4,7-10,12-17,32,36H,5-6,11,18-23,25H2,(H,40,42). The predicted octanol–water partition coefficient (Wildman–Crippen LogP) is 6.52. The number of hydrogen-bond acceptors (Lipinski definition) is 9. The quantitative estimate of drug-likeness (QED) is 0.204. The van der Waals surface area contributed by atoms with Crippen molar-refractivity contribution in [3.63, 3.8) is 0 Å². The van der Waals surface area contributed by atoms with E-state index < -0.39 is 39.3 Å². The highest BCUT2D eigenvalue weighted by Crippen LogP contribution is 2.46. The van der Waals surface area contributed by atoms with E-state index in [1.54, 1.807) is 18.2 Å². The van der Waals surface area contributed by atoms with Gasteiger partial charge in [-0.3, -0.25) is 4.79 Å². The highest BCUT2D eigenvalue weighted by molar-refractivity contribution is 7.92. The van der Waals surface area contributed by atoms with E-state index in [-0.39, 0.29) is 37.8 Å². The van der Waals surface area contributed by atoms with E-state index in [1.807, 2.05) is 54.6 Å². The first-order valence-electron chi connectivity index (χ1n) is 16.8. The molecule has 10 nitrogen and oxygen atoms in total. The first kappa shape index (κ1) is 33.9. The van der Waals surface area contributed by atoms with E-state index in [0.717, 1.165) is 45.5 Å². The second-order valence-electron chi connectivity index (χ2n) is 12.8. The molecular weight excluding hydrogens is 675 g/mol. The Kier molecular flexibility index (Phi) is 9.75. The van der Waals surface area contributed by atoms with Crippen LogP contribution in [-0.2, 0) is 33.7 Å². The topological polar surface area (TPSA) is 135 Å². The van der Waals surface area contributed by atoms with Crippen molar-refractivity contribution in [2.24, 2.45) is 0 Å². The van der Waals surface area contributed by atoms with Crippen LogP contribution in [0.15, 0.2) is 84.9 Å². The summed E-state index contributed by atoms with van der Waals surface area (Å²) in [5.41, 5.74) is 8.18. The molecule has 258 valence electrons. The van der Waals surface area contributed by atoms with Crippen LogP contribution in [0, 0.1) is 11.3 Å². The Morgan fingerprint density at radius 2 is 1.68 bits per heavy atom. The first-order valence-corrected chi connectivity index (χ1v) is 19.2. The summed E-state index contributed by atoms with van der Waals surface area (Å²) >= 11 is 1.29. The molecule has 2 unspecified atom stereocenters. The fourth-order valence-electron chi connectivity index (χ4n) is 7.12. The lowest BCUT2D eigenvalue weighted by Crippen LogP contribution is -2.43. The minimum atomic E-state index is -4.00. The van der Waals surface area contributed by atoms with E-state index in [4.69, 9.17) is 14.3 Å². The second-order valence-corrected chi connectivity index (χ2v) is 16.3. The lowest BCUT2D eigenvalue weighted by Gasteiger charge is -2.31. The number of sulfone groups is 1. The number of amides is 2. The van der Waals surface area contributed by atoms with Gasteiger partial charge in [0, 0.05) is 41.8 Å². The van der Waals surface area contributed by atoms with Crippen molar-refractivity contribution in [1.82, 2.24) is 10.4 Å². The fourth-order valence-corrected chi connectivity index (χ4v) is 10.7. The molecule has 1 N–H and O–H groups in total. The number of benzene rings is 3. The minimum Gasteiger partial charge on any atom is -0.448 e. The smallest absolute Gasteiger partial charge is 0.409 e. The zero-order valence-electron chi connectivity index (χ0n) is 27.4. The number of hydroxylamine groups is 1. The van der Waals surface area contributed by atoms with Gasteiger partial charge in [0.2, 0.25) is 5.91 Å². The Balaban J connectivity index is 1.12. The molecular formula is C38H37N3O7S2. The van der Waals surface area contributed by atoms with Gasteiger partial charge in [0.15, 0.2) is 16.1 Å². The maximum atomic E-state index is 14.4. The normalized spacial score (nSPS) is 21.3. The number of nitriles is 1. The molecule has 3 aromatic carbocycles. The fraction of sp³-hybridized carbons (Fsp3) is 0.342. The van der Waals surface area contributed by atoms with Crippen LogP contribution >= 0.6 is 11.3 Å². The lowest BCUT2D eigenvalue weighted by atomic mass is 9.97. The Labute approximate surface area is 295 Å². The summed E-state index contributed by atoms with van der Waals surface area (Å²) in [6, 6.07) is 28.9. The molecule has 0 bridgehead atoms. The van der Waals surface area contributed by atoms with Crippen molar-refractivity contribution in [3.8, 4) is 27.6 Å². The third-order valence-corrected chi connectivity index (χ3v) is 13.8. The number of carbonyl (C=O) groups is 2. The molecule has 1 aliphatic carbocycles. The Morgan fingerprint density at radius 3 is 2.36 bits per heavy atom. The van der Waals surface area contributed by atoms with Crippen molar-refractivity contribution in [2.75, 3.05) is 32.1 Å². The lowest BCUT2D eigenvalue weighted by molar-refractivity contribution is -0.200. The van der Waals surface area contributed by atoms with Crippen LogP contribution < -0.4 is 5.48 Å². The van der Waals surface area contributed by atoms with Gasteiger partial charge in [-0.1, -0.05) is 60.7 Å². The molecule has 3 heterocycles. The molecule has 3 aliphatic rings. The van der Waals surface area contributed by atoms with Gasteiger partial charge in [-0.25, -0.2) is 23.5 Å². The first-order chi connectivity index (χ1) is 24.3. The number of carbonyl (C=O) groups excluding carboxylic acids is 2. The van der Waals surface area contributed by atoms with Crippen LogP contribution in [0.5, 0.6) is 0 Å². The van der Waals surface area contributed by atoms with Gasteiger partial charge in [-0.15, -0.1) is 11.3 Å². The van der Waals surface area contributed by atoms with E-state index in [2.05, 4.69) is 23.7 Å². The summed E-state index contributed by atoms with van der Waals surface area (Å²) in [6.07, 6.45) is 0.839. The van der Waals surface area contributed by atoms with Crippen molar-refractivity contribution in [3.05, 3.63) is 106 Å². The molecule has 2 atom stereocenters. The molecule has 0 radical (unpaired) electrons. The molecule has 2 saturated heterocycles. The number of rotatable bonds is 8. The Bertz CT molecular complexity index is 1990. The number of ether oxygens (including phenoxy) is 2. The van der Waals surface area contributed by atoms with Gasteiger partial charge >= 0.3 is 6.09 Å². The number of hydrogen-bond donors (Lipinski definition) is 1. The largest absolute Gasteiger partial charge is 0.448 e. The third-order valence-electron chi connectivity index (χ3n) is 9.85. The van der Waals surface area contributed by atoms with Crippen LogP contribution in [0.2, 0.25) is 0 Å². The zero-order valence-corrected chi connectivity index (χ0v) is 29.0. The molecule has 1 aromatic heterocycles. The molecule has 0 spiro atoms. The van der Waals surface area contributed by atoms with E-state index in [0.29, 0.717) is 23.5 Å². The van der Waals surface area contributed by atoms with Gasteiger partial charge in [0.25, 0.3) is 0 Å². The highest BCUT2D eigenvalue weighted by Gasteiger charge is 2.50.